The van der Waals surface area contributed by atoms with Crippen molar-refractivity contribution in [2.75, 3.05) is 19.6 Å². The Balaban J connectivity index is 1.45. The molecule has 0 bridgehead atoms. The van der Waals surface area contributed by atoms with Crippen LogP contribution in [0.2, 0.25) is 0 Å². The number of amides is 1. The van der Waals surface area contributed by atoms with Crippen molar-refractivity contribution in [3.8, 4) is 11.5 Å². The van der Waals surface area contributed by atoms with E-state index in [9.17, 15) is 4.79 Å². The Morgan fingerprint density at radius 2 is 2.00 bits per heavy atom. The lowest BCUT2D eigenvalue weighted by Crippen LogP contribution is -2.56. The number of fused-ring (bicyclic) bond motifs is 1. The van der Waals surface area contributed by atoms with Crippen molar-refractivity contribution in [1.82, 2.24) is 14.8 Å². The van der Waals surface area contributed by atoms with E-state index in [1.807, 2.05) is 41.3 Å². The molecule has 25 heavy (non-hydrogen) atoms. The van der Waals surface area contributed by atoms with Crippen LogP contribution in [0.25, 0.3) is 0 Å². The van der Waals surface area contributed by atoms with Gasteiger partial charge < -0.3 is 9.64 Å². The van der Waals surface area contributed by atoms with E-state index in [4.69, 9.17) is 4.74 Å². The average Bonchev–Trinajstić information content (AvgIpc) is 3.09. The monoisotopic (exact) mass is 337 g/mol. The van der Waals surface area contributed by atoms with Crippen LogP contribution in [-0.2, 0) is 0 Å². The van der Waals surface area contributed by atoms with Crippen molar-refractivity contribution in [2.24, 2.45) is 0 Å². The van der Waals surface area contributed by atoms with Crippen molar-refractivity contribution in [1.29, 1.82) is 0 Å². The van der Waals surface area contributed by atoms with Crippen molar-refractivity contribution < 1.29 is 9.53 Å². The molecule has 0 spiro atoms. The zero-order valence-electron chi connectivity index (χ0n) is 14.5. The van der Waals surface area contributed by atoms with Crippen LogP contribution in [0.3, 0.4) is 0 Å². The smallest absolute Gasteiger partial charge is 0.254 e. The number of hydrogen-bond donors (Lipinski definition) is 0. The molecular weight excluding hydrogens is 314 g/mol. The van der Waals surface area contributed by atoms with Gasteiger partial charge in [-0.25, -0.2) is 0 Å². The second-order valence-electron chi connectivity index (χ2n) is 6.91. The zero-order chi connectivity index (χ0) is 17.2. The Hall–Kier alpha value is -2.40. The lowest BCUT2D eigenvalue weighted by atomic mass is 10.1. The number of pyridine rings is 1. The second-order valence-corrected chi connectivity index (χ2v) is 6.91. The molecule has 2 fully saturated rings. The summed E-state index contributed by atoms with van der Waals surface area (Å²) in [4.78, 5) is 21.5. The molecule has 2 aromatic rings. The van der Waals surface area contributed by atoms with E-state index in [0.29, 0.717) is 17.5 Å². The van der Waals surface area contributed by atoms with E-state index >= 15 is 0 Å². The van der Waals surface area contributed by atoms with Crippen LogP contribution < -0.4 is 4.74 Å². The van der Waals surface area contributed by atoms with Crippen LogP contribution in [0, 0.1) is 0 Å². The summed E-state index contributed by atoms with van der Waals surface area (Å²) in [5.41, 5.74) is 0.719. The number of carbonyl (C=O) groups is 1. The first-order valence-electron chi connectivity index (χ1n) is 8.93. The van der Waals surface area contributed by atoms with Gasteiger partial charge in [-0.2, -0.15) is 0 Å². The Kier molecular flexibility index (Phi) is 4.40. The summed E-state index contributed by atoms with van der Waals surface area (Å²) in [6.45, 7) is 5.15. The lowest BCUT2D eigenvalue weighted by Gasteiger charge is -2.42. The average molecular weight is 337 g/mol. The largest absolute Gasteiger partial charge is 0.456 e. The number of nitrogens with zero attached hydrogens (tertiary/aromatic N) is 3. The quantitative estimate of drug-likeness (QED) is 0.863. The Morgan fingerprint density at radius 1 is 1.16 bits per heavy atom. The number of rotatable bonds is 3. The van der Waals surface area contributed by atoms with Gasteiger partial charge in [0, 0.05) is 36.9 Å². The molecule has 3 heterocycles. The third-order valence-corrected chi connectivity index (χ3v) is 5.17. The van der Waals surface area contributed by atoms with Crippen LogP contribution in [0.5, 0.6) is 11.5 Å². The SMILES string of the molecule is C[C@H]1CN2CCC[C@H]2CN1C(=O)c1ccc(Oc2cccnc2)cc1. The first-order chi connectivity index (χ1) is 12.2. The predicted molar refractivity (Wildman–Crippen MR) is 95.8 cm³/mol. The summed E-state index contributed by atoms with van der Waals surface area (Å²) < 4.78 is 5.74. The molecule has 0 N–H and O–H groups in total. The highest BCUT2D eigenvalue weighted by atomic mass is 16.5. The van der Waals surface area contributed by atoms with Gasteiger partial charge in [0.05, 0.1) is 6.20 Å². The molecule has 1 amide bonds. The van der Waals surface area contributed by atoms with Crippen molar-refractivity contribution in [3.05, 3.63) is 54.4 Å². The Bertz CT molecular complexity index is 732. The van der Waals surface area contributed by atoms with Gasteiger partial charge in [-0.3, -0.25) is 14.7 Å². The third kappa shape index (κ3) is 3.37. The molecule has 2 aliphatic heterocycles. The first-order valence-corrected chi connectivity index (χ1v) is 8.93. The molecule has 4 rings (SSSR count). The molecule has 5 heteroatoms. The molecule has 0 unspecified atom stereocenters. The van der Waals surface area contributed by atoms with E-state index < -0.39 is 0 Å². The predicted octanol–water partition coefficient (Wildman–Crippen LogP) is 3.18. The normalized spacial score (nSPS) is 23.3. The van der Waals surface area contributed by atoms with Crippen molar-refractivity contribution in [3.63, 3.8) is 0 Å². The maximum absolute atomic E-state index is 12.9. The van der Waals surface area contributed by atoms with E-state index in [0.717, 1.165) is 18.7 Å². The van der Waals surface area contributed by atoms with Gasteiger partial charge in [-0.1, -0.05) is 0 Å². The molecule has 0 aliphatic carbocycles. The number of piperazine rings is 1. The van der Waals surface area contributed by atoms with Gasteiger partial charge in [-0.15, -0.1) is 0 Å². The molecule has 130 valence electrons. The molecule has 1 aromatic carbocycles. The first kappa shape index (κ1) is 16.1. The molecule has 2 atom stereocenters. The minimum Gasteiger partial charge on any atom is -0.456 e. The Labute approximate surface area is 148 Å². The van der Waals surface area contributed by atoms with E-state index in [1.165, 1.54) is 19.4 Å². The number of aromatic nitrogens is 1. The molecule has 0 saturated carbocycles. The second kappa shape index (κ2) is 6.84. The lowest BCUT2D eigenvalue weighted by molar-refractivity contribution is 0.0395. The molecule has 1 aromatic heterocycles. The van der Waals surface area contributed by atoms with E-state index in [1.54, 1.807) is 12.4 Å². The highest BCUT2D eigenvalue weighted by Gasteiger charge is 2.36. The highest BCUT2D eigenvalue weighted by Crippen LogP contribution is 2.26. The fraction of sp³-hybridized carbons (Fsp3) is 0.400. The standard InChI is InChI=1S/C20H23N3O2/c1-15-13-22-11-3-4-17(22)14-23(15)20(24)16-6-8-18(9-7-16)25-19-5-2-10-21-12-19/h2,5-10,12,15,17H,3-4,11,13-14H2,1H3/t15-,17-/m0/s1. The van der Waals surface area contributed by atoms with Gasteiger partial charge in [0.1, 0.15) is 11.5 Å². The summed E-state index contributed by atoms with van der Waals surface area (Å²) >= 11 is 0. The third-order valence-electron chi connectivity index (χ3n) is 5.17. The topological polar surface area (TPSA) is 45.7 Å². The molecule has 0 radical (unpaired) electrons. The fourth-order valence-electron chi connectivity index (χ4n) is 3.85. The van der Waals surface area contributed by atoms with Gasteiger partial charge >= 0.3 is 0 Å². The van der Waals surface area contributed by atoms with Gasteiger partial charge in [0.2, 0.25) is 0 Å². The van der Waals surface area contributed by atoms with Gasteiger partial charge in [-0.05, 0) is 62.7 Å². The number of carbonyl (C=O) groups excluding carboxylic acids is 1. The van der Waals surface area contributed by atoms with Crippen LogP contribution in [0.1, 0.15) is 30.1 Å². The van der Waals surface area contributed by atoms with Crippen molar-refractivity contribution >= 4 is 5.91 Å². The minimum atomic E-state index is 0.118. The van der Waals surface area contributed by atoms with Gasteiger partial charge in [0.15, 0.2) is 0 Å². The van der Waals surface area contributed by atoms with Crippen LogP contribution in [-0.4, -0.2) is 52.4 Å². The highest BCUT2D eigenvalue weighted by molar-refractivity contribution is 5.94. The summed E-state index contributed by atoms with van der Waals surface area (Å²) in [5, 5.41) is 0. The zero-order valence-corrected chi connectivity index (χ0v) is 14.5. The number of ether oxygens (including phenoxy) is 1. The molecular formula is C20H23N3O2. The molecule has 2 saturated heterocycles. The Morgan fingerprint density at radius 3 is 2.76 bits per heavy atom. The fourth-order valence-corrected chi connectivity index (χ4v) is 3.85. The molecule has 5 nitrogen and oxygen atoms in total. The summed E-state index contributed by atoms with van der Waals surface area (Å²) in [7, 11) is 0. The number of hydrogen-bond acceptors (Lipinski definition) is 4. The van der Waals surface area contributed by atoms with Crippen LogP contribution in [0.4, 0.5) is 0 Å². The summed E-state index contributed by atoms with van der Waals surface area (Å²) in [6.07, 6.45) is 5.83. The maximum atomic E-state index is 12.9. The minimum absolute atomic E-state index is 0.118. The maximum Gasteiger partial charge on any atom is 0.254 e. The summed E-state index contributed by atoms with van der Waals surface area (Å²) in [5.74, 6) is 1.51. The van der Waals surface area contributed by atoms with E-state index in [2.05, 4.69) is 16.8 Å². The molecule has 2 aliphatic rings. The number of benzene rings is 1. The summed E-state index contributed by atoms with van der Waals surface area (Å²) in [6, 6.07) is 11.9. The van der Waals surface area contributed by atoms with E-state index in [-0.39, 0.29) is 11.9 Å². The van der Waals surface area contributed by atoms with Crippen molar-refractivity contribution in [2.45, 2.75) is 31.8 Å². The van der Waals surface area contributed by atoms with Crippen LogP contribution >= 0.6 is 0 Å². The van der Waals surface area contributed by atoms with Crippen LogP contribution in [0.15, 0.2) is 48.8 Å². The van der Waals surface area contributed by atoms with Gasteiger partial charge in [0.25, 0.3) is 5.91 Å².